The van der Waals surface area contributed by atoms with Crippen LogP contribution in [0.1, 0.15) is 23.7 Å². The van der Waals surface area contributed by atoms with Crippen LogP contribution in [0.2, 0.25) is 0 Å². The summed E-state index contributed by atoms with van der Waals surface area (Å²) in [5.41, 5.74) is 0.386. The zero-order valence-electron chi connectivity index (χ0n) is 13.9. The lowest BCUT2D eigenvalue weighted by atomic mass is 10.2. The Morgan fingerprint density at radius 2 is 1.88 bits per heavy atom. The van der Waals surface area contributed by atoms with Crippen LogP contribution < -0.4 is 4.74 Å². The van der Waals surface area contributed by atoms with E-state index in [9.17, 15) is 18.0 Å². The van der Waals surface area contributed by atoms with Crippen molar-refractivity contribution in [3.63, 3.8) is 0 Å². The molecule has 0 bridgehead atoms. The third-order valence-electron chi connectivity index (χ3n) is 4.04. The molecule has 24 heavy (non-hydrogen) atoms. The van der Waals surface area contributed by atoms with Crippen molar-refractivity contribution in [2.24, 2.45) is 0 Å². The summed E-state index contributed by atoms with van der Waals surface area (Å²) < 4.78 is 33.3. The first-order valence-corrected chi connectivity index (χ1v) is 9.38. The molecule has 7 nitrogen and oxygen atoms in total. The smallest absolute Gasteiger partial charge is 0.337 e. The lowest BCUT2D eigenvalue weighted by Crippen LogP contribution is -2.44. The number of hydrogen-bond acceptors (Lipinski definition) is 6. The van der Waals surface area contributed by atoms with Gasteiger partial charge in [-0.25, -0.2) is 13.2 Å². The first-order valence-electron chi connectivity index (χ1n) is 7.55. The van der Waals surface area contributed by atoms with E-state index >= 15 is 0 Å². The van der Waals surface area contributed by atoms with E-state index in [-0.39, 0.29) is 23.5 Å². The van der Waals surface area contributed by atoms with Gasteiger partial charge in [0.2, 0.25) is 0 Å². The van der Waals surface area contributed by atoms with E-state index in [1.165, 1.54) is 12.0 Å². The predicted molar refractivity (Wildman–Crippen MR) is 87.7 cm³/mol. The highest BCUT2D eigenvalue weighted by Gasteiger charge is 2.34. The van der Waals surface area contributed by atoms with Gasteiger partial charge >= 0.3 is 5.97 Å². The number of carbonyl (C=O) groups excluding carboxylic acids is 2. The average molecular weight is 355 g/mol. The van der Waals surface area contributed by atoms with E-state index in [1.807, 2.05) is 0 Å². The molecule has 0 aromatic heterocycles. The number of ether oxygens (including phenoxy) is 2. The summed E-state index contributed by atoms with van der Waals surface area (Å²) in [5.74, 6) is -0.187. The second-order valence-corrected chi connectivity index (χ2v) is 8.01. The Labute approximate surface area is 141 Å². The minimum Gasteiger partial charge on any atom is -0.481 e. The first kappa shape index (κ1) is 18.3. The van der Waals surface area contributed by atoms with Gasteiger partial charge in [0.05, 0.1) is 24.2 Å². The van der Waals surface area contributed by atoms with Gasteiger partial charge in [-0.3, -0.25) is 4.79 Å². The van der Waals surface area contributed by atoms with Crippen molar-refractivity contribution in [1.29, 1.82) is 0 Å². The number of methoxy groups -OCH3 is 1. The van der Waals surface area contributed by atoms with Gasteiger partial charge in [0.15, 0.2) is 15.9 Å². The highest BCUT2D eigenvalue weighted by atomic mass is 32.2. The predicted octanol–water partition coefficient (Wildman–Crippen LogP) is 0.886. The van der Waals surface area contributed by atoms with Crippen LogP contribution in [0.5, 0.6) is 5.75 Å². The molecule has 0 saturated carbocycles. The van der Waals surface area contributed by atoms with Crippen molar-refractivity contribution in [2.45, 2.75) is 25.5 Å². The number of esters is 1. The number of benzene rings is 1. The van der Waals surface area contributed by atoms with E-state index in [2.05, 4.69) is 4.74 Å². The molecule has 0 N–H and O–H groups in total. The molecule has 0 radical (unpaired) electrons. The van der Waals surface area contributed by atoms with Crippen LogP contribution in [-0.2, 0) is 19.4 Å². The van der Waals surface area contributed by atoms with Gasteiger partial charge in [0, 0.05) is 13.1 Å². The van der Waals surface area contributed by atoms with E-state index in [0.717, 1.165) is 0 Å². The summed E-state index contributed by atoms with van der Waals surface area (Å²) in [4.78, 5) is 25.2. The van der Waals surface area contributed by atoms with Crippen molar-refractivity contribution < 1.29 is 27.5 Å². The molecule has 2 rings (SSSR count). The molecule has 1 fully saturated rings. The standard InChI is InChI=1S/C16H21NO6S/c1-11(15(18)17(2)13-8-9-24(20,21)10-13)23-14-6-4-12(5-7-14)16(19)22-3/h4-7,11,13H,8-10H2,1-3H3/t11-,13-/m1/s1. The highest BCUT2D eigenvalue weighted by molar-refractivity contribution is 7.91. The molecular formula is C16H21NO6S. The van der Waals surface area contributed by atoms with E-state index in [0.29, 0.717) is 17.7 Å². The highest BCUT2D eigenvalue weighted by Crippen LogP contribution is 2.19. The number of sulfone groups is 1. The van der Waals surface area contributed by atoms with E-state index < -0.39 is 21.9 Å². The zero-order chi connectivity index (χ0) is 17.9. The summed E-state index contributed by atoms with van der Waals surface area (Å²) >= 11 is 0. The van der Waals surface area contributed by atoms with Crippen LogP contribution in [0.3, 0.4) is 0 Å². The van der Waals surface area contributed by atoms with Gasteiger partial charge in [-0.2, -0.15) is 0 Å². The number of rotatable bonds is 5. The first-order chi connectivity index (χ1) is 11.2. The molecule has 1 heterocycles. The maximum Gasteiger partial charge on any atom is 0.337 e. The molecule has 0 unspecified atom stereocenters. The Kier molecular flexibility index (Phi) is 5.48. The zero-order valence-corrected chi connectivity index (χ0v) is 14.7. The molecule has 1 amide bonds. The van der Waals surface area contributed by atoms with Crippen LogP contribution >= 0.6 is 0 Å². The van der Waals surface area contributed by atoms with Crippen LogP contribution in [0.15, 0.2) is 24.3 Å². The molecule has 1 aromatic rings. The van der Waals surface area contributed by atoms with Crippen LogP contribution in [-0.4, -0.2) is 63.0 Å². The Morgan fingerprint density at radius 3 is 2.38 bits per heavy atom. The summed E-state index contributed by atoms with van der Waals surface area (Å²) in [5, 5.41) is 0. The van der Waals surface area contributed by atoms with Crippen molar-refractivity contribution >= 4 is 21.7 Å². The van der Waals surface area contributed by atoms with Gasteiger partial charge in [0.25, 0.3) is 5.91 Å². The minimum atomic E-state index is -3.05. The third-order valence-corrected chi connectivity index (χ3v) is 5.79. The fourth-order valence-electron chi connectivity index (χ4n) is 2.59. The minimum absolute atomic E-state index is 0.00418. The Hall–Kier alpha value is -2.09. The summed E-state index contributed by atoms with van der Waals surface area (Å²) in [6.07, 6.45) is -0.312. The van der Waals surface area contributed by atoms with Crippen LogP contribution in [0, 0.1) is 0 Å². The van der Waals surface area contributed by atoms with Gasteiger partial charge in [-0.1, -0.05) is 0 Å². The second kappa shape index (κ2) is 7.21. The molecule has 1 saturated heterocycles. The molecular weight excluding hydrogens is 334 g/mol. The SMILES string of the molecule is COC(=O)c1ccc(O[C@H](C)C(=O)N(C)[C@@H]2CCS(=O)(=O)C2)cc1. The lowest BCUT2D eigenvalue weighted by molar-refractivity contribution is -0.138. The Morgan fingerprint density at radius 1 is 1.25 bits per heavy atom. The normalized spacial score (nSPS) is 20.2. The third kappa shape index (κ3) is 4.25. The molecule has 8 heteroatoms. The van der Waals surface area contributed by atoms with Crippen molar-refractivity contribution in [2.75, 3.05) is 25.7 Å². The largest absolute Gasteiger partial charge is 0.481 e. The van der Waals surface area contributed by atoms with Gasteiger partial charge in [0.1, 0.15) is 5.75 Å². The number of hydrogen-bond donors (Lipinski definition) is 0. The number of nitrogens with zero attached hydrogens (tertiary/aromatic N) is 1. The average Bonchev–Trinajstić information content (AvgIpc) is 2.93. The maximum atomic E-state index is 12.4. The van der Waals surface area contributed by atoms with Crippen molar-refractivity contribution in [3.8, 4) is 5.75 Å². The fraction of sp³-hybridized carbons (Fsp3) is 0.500. The molecule has 1 aromatic carbocycles. The van der Waals surface area contributed by atoms with Gasteiger partial charge < -0.3 is 14.4 Å². The van der Waals surface area contributed by atoms with Gasteiger partial charge in [-0.15, -0.1) is 0 Å². The number of amides is 1. The number of carbonyl (C=O) groups is 2. The van der Waals surface area contributed by atoms with Crippen LogP contribution in [0.25, 0.3) is 0 Å². The lowest BCUT2D eigenvalue weighted by Gasteiger charge is -2.26. The quantitative estimate of drug-likeness (QED) is 0.729. The monoisotopic (exact) mass is 355 g/mol. The van der Waals surface area contributed by atoms with Crippen molar-refractivity contribution in [3.05, 3.63) is 29.8 Å². The van der Waals surface area contributed by atoms with E-state index in [4.69, 9.17) is 4.74 Å². The molecule has 0 aliphatic carbocycles. The Balaban J connectivity index is 1.97. The molecule has 0 spiro atoms. The van der Waals surface area contributed by atoms with Crippen molar-refractivity contribution in [1.82, 2.24) is 4.90 Å². The second-order valence-electron chi connectivity index (χ2n) is 5.78. The summed E-state index contributed by atoms with van der Waals surface area (Å²) in [6.45, 7) is 1.61. The maximum absolute atomic E-state index is 12.4. The fourth-order valence-corrected chi connectivity index (χ4v) is 4.36. The van der Waals surface area contributed by atoms with Crippen LogP contribution in [0.4, 0.5) is 0 Å². The Bertz CT molecular complexity index is 713. The summed E-state index contributed by atoms with van der Waals surface area (Å²) in [7, 11) is -0.163. The molecule has 132 valence electrons. The van der Waals surface area contributed by atoms with E-state index in [1.54, 1.807) is 38.2 Å². The number of likely N-dealkylation sites (N-methyl/N-ethyl adjacent to an activating group) is 1. The summed E-state index contributed by atoms with van der Waals surface area (Å²) in [6, 6.07) is 5.94. The molecule has 1 aliphatic rings. The topological polar surface area (TPSA) is 90.0 Å². The molecule has 1 aliphatic heterocycles. The molecule has 2 atom stereocenters. The van der Waals surface area contributed by atoms with Gasteiger partial charge in [-0.05, 0) is 37.6 Å².